The van der Waals surface area contributed by atoms with Gasteiger partial charge in [0.15, 0.2) is 0 Å². The highest BCUT2D eigenvalue weighted by molar-refractivity contribution is 5.74. The van der Waals surface area contributed by atoms with Gasteiger partial charge in [-0.3, -0.25) is 4.79 Å². The first-order chi connectivity index (χ1) is 6.79. The van der Waals surface area contributed by atoms with Crippen LogP contribution in [-0.2, 0) is 4.79 Å². The average Bonchev–Trinajstić information content (AvgIpc) is 2.75. The second-order valence-electron chi connectivity index (χ2n) is 4.80. The van der Waals surface area contributed by atoms with Crippen molar-refractivity contribution in [1.29, 1.82) is 0 Å². The van der Waals surface area contributed by atoms with Crippen LogP contribution in [0.25, 0.3) is 0 Å². The Morgan fingerprint density at radius 2 is 1.29 bits per heavy atom. The Morgan fingerprint density at radius 3 is 1.57 bits per heavy atom. The molecule has 0 aromatic heterocycles. The van der Waals surface area contributed by atoms with Crippen LogP contribution in [0.4, 0.5) is 0 Å². The van der Waals surface area contributed by atoms with Gasteiger partial charge in [0.2, 0.25) is 5.91 Å². The molecule has 80 valence electrons. The molecule has 14 heavy (non-hydrogen) atoms. The highest BCUT2D eigenvalue weighted by Crippen LogP contribution is 2.31. The maximum Gasteiger partial charge on any atom is 0.219 e. The molecule has 0 spiro atoms. The maximum absolute atomic E-state index is 11.6. The summed E-state index contributed by atoms with van der Waals surface area (Å²) in [7, 11) is 0. The summed E-state index contributed by atoms with van der Waals surface area (Å²) in [5.41, 5.74) is 0. The minimum absolute atomic E-state index is 0.309. The monoisotopic (exact) mass is 195 g/mol. The topological polar surface area (TPSA) is 20.3 Å². The molecule has 0 atom stereocenters. The smallest absolute Gasteiger partial charge is 0.219 e. The third kappa shape index (κ3) is 1.94. The van der Waals surface area contributed by atoms with E-state index in [1.165, 1.54) is 51.4 Å². The SMILES string of the molecule is CC(=O)N(C1CCCC1)C1CCCC1. The molecule has 0 N–H and O–H groups in total. The van der Waals surface area contributed by atoms with Crippen LogP contribution < -0.4 is 0 Å². The summed E-state index contributed by atoms with van der Waals surface area (Å²) >= 11 is 0. The summed E-state index contributed by atoms with van der Waals surface area (Å²) in [6.07, 6.45) is 10.3. The van der Waals surface area contributed by atoms with Crippen molar-refractivity contribution in [2.75, 3.05) is 0 Å². The number of hydrogen-bond donors (Lipinski definition) is 0. The van der Waals surface area contributed by atoms with Gasteiger partial charge in [-0.05, 0) is 25.7 Å². The number of carbonyl (C=O) groups is 1. The molecule has 2 saturated carbocycles. The first-order valence-electron chi connectivity index (χ1n) is 6.08. The van der Waals surface area contributed by atoms with Gasteiger partial charge in [-0.1, -0.05) is 25.7 Å². The average molecular weight is 195 g/mol. The largest absolute Gasteiger partial charge is 0.337 e. The summed E-state index contributed by atoms with van der Waals surface area (Å²) in [5.74, 6) is 0.309. The van der Waals surface area contributed by atoms with E-state index in [9.17, 15) is 4.79 Å². The van der Waals surface area contributed by atoms with E-state index in [1.807, 2.05) is 0 Å². The highest BCUT2D eigenvalue weighted by Gasteiger charge is 2.31. The van der Waals surface area contributed by atoms with Gasteiger partial charge in [0.05, 0.1) is 0 Å². The summed E-state index contributed by atoms with van der Waals surface area (Å²) < 4.78 is 0. The van der Waals surface area contributed by atoms with E-state index in [0.29, 0.717) is 18.0 Å². The summed E-state index contributed by atoms with van der Waals surface area (Å²) in [6, 6.07) is 1.16. The van der Waals surface area contributed by atoms with Crippen molar-refractivity contribution in [3.63, 3.8) is 0 Å². The standard InChI is InChI=1S/C12H21NO/c1-10(14)13(11-6-2-3-7-11)12-8-4-5-9-12/h11-12H,2-9H2,1H3. The fourth-order valence-corrected chi connectivity index (χ4v) is 3.18. The van der Waals surface area contributed by atoms with Crippen molar-refractivity contribution < 1.29 is 4.79 Å². The van der Waals surface area contributed by atoms with Gasteiger partial charge in [-0.25, -0.2) is 0 Å². The minimum Gasteiger partial charge on any atom is -0.337 e. The van der Waals surface area contributed by atoms with E-state index >= 15 is 0 Å². The lowest BCUT2D eigenvalue weighted by Gasteiger charge is -2.33. The molecule has 2 aliphatic carbocycles. The second kappa shape index (κ2) is 4.33. The van der Waals surface area contributed by atoms with Gasteiger partial charge < -0.3 is 4.90 Å². The number of amides is 1. The molecule has 0 bridgehead atoms. The van der Waals surface area contributed by atoms with Crippen LogP contribution in [0.15, 0.2) is 0 Å². The number of nitrogens with zero attached hydrogens (tertiary/aromatic N) is 1. The van der Waals surface area contributed by atoms with E-state index in [1.54, 1.807) is 6.92 Å². The predicted octanol–water partition coefficient (Wildman–Crippen LogP) is 2.72. The van der Waals surface area contributed by atoms with Gasteiger partial charge in [0.25, 0.3) is 0 Å². The molecule has 1 amide bonds. The minimum atomic E-state index is 0.309. The highest BCUT2D eigenvalue weighted by atomic mass is 16.2. The Labute approximate surface area is 86.7 Å². The normalized spacial score (nSPS) is 24.4. The van der Waals surface area contributed by atoms with E-state index in [2.05, 4.69) is 4.90 Å². The number of rotatable bonds is 2. The van der Waals surface area contributed by atoms with Crippen LogP contribution in [0, 0.1) is 0 Å². The molecule has 0 aromatic carbocycles. The van der Waals surface area contributed by atoms with Crippen LogP contribution in [0.3, 0.4) is 0 Å². The van der Waals surface area contributed by atoms with Gasteiger partial charge in [-0.15, -0.1) is 0 Å². The fourth-order valence-electron chi connectivity index (χ4n) is 3.18. The van der Waals surface area contributed by atoms with Gasteiger partial charge in [0, 0.05) is 19.0 Å². The molecule has 0 aromatic rings. The molecular formula is C12H21NO. The lowest BCUT2D eigenvalue weighted by Crippen LogP contribution is -2.43. The molecular weight excluding hydrogens is 174 g/mol. The molecule has 0 saturated heterocycles. The molecule has 0 aliphatic heterocycles. The predicted molar refractivity (Wildman–Crippen MR) is 57.0 cm³/mol. The van der Waals surface area contributed by atoms with Crippen molar-refractivity contribution in [2.24, 2.45) is 0 Å². The Hall–Kier alpha value is -0.530. The Balaban J connectivity index is 2.02. The third-order valence-corrected chi connectivity index (χ3v) is 3.80. The van der Waals surface area contributed by atoms with Crippen molar-refractivity contribution in [1.82, 2.24) is 4.90 Å². The van der Waals surface area contributed by atoms with Gasteiger partial charge in [-0.2, -0.15) is 0 Å². The van der Waals surface area contributed by atoms with E-state index in [4.69, 9.17) is 0 Å². The fraction of sp³-hybridized carbons (Fsp3) is 0.917. The van der Waals surface area contributed by atoms with Crippen molar-refractivity contribution in [2.45, 2.75) is 70.4 Å². The Morgan fingerprint density at radius 1 is 0.929 bits per heavy atom. The van der Waals surface area contributed by atoms with Crippen LogP contribution in [0.2, 0.25) is 0 Å². The molecule has 2 fully saturated rings. The lowest BCUT2D eigenvalue weighted by atomic mass is 10.1. The van der Waals surface area contributed by atoms with E-state index in [-0.39, 0.29) is 0 Å². The van der Waals surface area contributed by atoms with Crippen LogP contribution in [-0.4, -0.2) is 22.9 Å². The second-order valence-corrected chi connectivity index (χ2v) is 4.80. The number of hydrogen-bond acceptors (Lipinski definition) is 1. The van der Waals surface area contributed by atoms with Crippen LogP contribution >= 0.6 is 0 Å². The molecule has 0 radical (unpaired) electrons. The molecule has 2 aliphatic rings. The summed E-state index contributed by atoms with van der Waals surface area (Å²) in [5, 5.41) is 0. The summed E-state index contributed by atoms with van der Waals surface area (Å²) in [4.78, 5) is 13.9. The van der Waals surface area contributed by atoms with Gasteiger partial charge >= 0.3 is 0 Å². The summed E-state index contributed by atoms with van der Waals surface area (Å²) in [6.45, 7) is 1.75. The molecule has 2 rings (SSSR count). The lowest BCUT2D eigenvalue weighted by molar-refractivity contribution is -0.133. The molecule has 0 heterocycles. The Bertz CT molecular complexity index is 186. The third-order valence-electron chi connectivity index (χ3n) is 3.80. The number of carbonyl (C=O) groups excluding carboxylic acids is 1. The van der Waals surface area contributed by atoms with Crippen molar-refractivity contribution in [3.8, 4) is 0 Å². The molecule has 2 heteroatoms. The quantitative estimate of drug-likeness (QED) is 0.663. The van der Waals surface area contributed by atoms with Crippen molar-refractivity contribution >= 4 is 5.91 Å². The maximum atomic E-state index is 11.6. The van der Waals surface area contributed by atoms with Crippen LogP contribution in [0.1, 0.15) is 58.3 Å². The van der Waals surface area contributed by atoms with Crippen LogP contribution in [0.5, 0.6) is 0 Å². The first kappa shape index (κ1) is 10.0. The molecule has 2 nitrogen and oxygen atoms in total. The van der Waals surface area contributed by atoms with E-state index in [0.717, 1.165) is 0 Å². The van der Waals surface area contributed by atoms with Crippen molar-refractivity contribution in [3.05, 3.63) is 0 Å². The zero-order valence-electron chi connectivity index (χ0n) is 9.17. The zero-order valence-corrected chi connectivity index (χ0v) is 9.17. The van der Waals surface area contributed by atoms with Gasteiger partial charge in [0.1, 0.15) is 0 Å². The molecule has 0 unspecified atom stereocenters. The van der Waals surface area contributed by atoms with E-state index < -0.39 is 0 Å². The Kier molecular flexibility index (Phi) is 3.09. The zero-order chi connectivity index (χ0) is 9.97. The first-order valence-corrected chi connectivity index (χ1v) is 6.08.